The molecular formula is C23H28N2O5S2. The zero-order valence-corrected chi connectivity index (χ0v) is 19.5. The lowest BCUT2D eigenvalue weighted by Crippen LogP contribution is -2.46. The maximum atomic E-state index is 13.3. The van der Waals surface area contributed by atoms with E-state index in [-0.39, 0.29) is 54.0 Å². The molecule has 32 heavy (non-hydrogen) atoms. The number of Topliss-reactive ketones (excluding diaryl/α,β-unsaturated/α-hetero) is 1. The van der Waals surface area contributed by atoms with Crippen molar-refractivity contribution in [3.63, 3.8) is 0 Å². The molecule has 0 amide bonds. The molecule has 0 radical (unpaired) electrons. The second-order valence-electron chi connectivity index (χ2n) is 8.58. The van der Waals surface area contributed by atoms with Crippen molar-refractivity contribution in [2.45, 2.75) is 24.9 Å². The Morgan fingerprint density at radius 2 is 1.06 bits per heavy atom. The van der Waals surface area contributed by atoms with E-state index in [1.807, 2.05) is 70.5 Å². The number of ketones is 1. The zero-order chi connectivity index (χ0) is 22.8. The topological polar surface area (TPSA) is 91.8 Å². The van der Waals surface area contributed by atoms with Crippen LogP contribution in [0.3, 0.4) is 0 Å². The van der Waals surface area contributed by atoms with Gasteiger partial charge in [-0.15, -0.1) is 0 Å². The SMILES string of the molecule is O=C(CN(c1ccccc1)[C@@H]1CCS(=O)(=O)C1)CN(c1ccccc1)[C@@H]1CCS(=O)(=O)C1. The molecule has 0 unspecified atom stereocenters. The van der Waals surface area contributed by atoms with Gasteiger partial charge in [0.05, 0.1) is 36.1 Å². The highest BCUT2D eigenvalue weighted by Gasteiger charge is 2.36. The van der Waals surface area contributed by atoms with E-state index in [2.05, 4.69) is 0 Å². The molecule has 0 saturated carbocycles. The lowest BCUT2D eigenvalue weighted by Gasteiger charge is -2.33. The van der Waals surface area contributed by atoms with Gasteiger partial charge < -0.3 is 9.80 Å². The summed E-state index contributed by atoms with van der Waals surface area (Å²) < 4.78 is 48.3. The predicted molar refractivity (Wildman–Crippen MR) is 127 cm³/mol. The fourth-order valence-corrected chi connectivity index (χ4v) is 8.04. The van der Waals surface area contributed by atoms with Crippen molar-refractivity contribution in [1.82, 2.24) is 0 Å². The van der Waals surface area contributed by atoms with Crippen LogP contribution in [-0.4, -0.2) is 70.8 Å². The predicted octanol–water partition coefficient (Wildman–Crippen LogP) is 1.94. The van der Waals surface area contributed by atoms with E-state index >= 15 is 0 Å². The van der Waals surface area contributed by atoms with Gasteiger partial charge in [0.15, 0.2) is 25.5 Å². The van der Waals surface area contributed by atoms with E-state index < -0.39 is 19.7 Å². The highest BCUT2D eigenvalue weighted by molar-refractivity contribution is 7.91. The molecule has 9 heteroatoms. The van der Waals surface area contributed by atoms with Crippen molar-refractivity contribution in [3.05, 3.63) is 60.7 Å². The molecule has 172 valence electrons. The summed E-state index contributed by atoms with van der Waals surface area (Å²) in [7, 11) is -6.21. The molecule has 7 nitrogen and oxygen atoms in total. The van der Waals surface area contributed by atoms with Crippen LogP contribution in [0.15, 0.2) is 60.7 Å². The van der Waals surface area contributed by atoms with Crippen LogP contribution in [0.25, 0.3) is 0 Å². The van der Waals surface area contributed by atoms with Crippen LogP contribution >= 0.6 is 0 Å². The molecule has 2 aromatic rings. The number of anilines is 2. The highest BCUT2D eigenvalue weighted by atomic mass is 32.2. The van der Waals surface area contributed by atoms with E-state index in [0.29, 0.717) is 12.8 Å². The molecule has 2 fully saturated rings. The molecule has 2 heterocycles. The number of carbonyl (C=O) groups is 1. The average molecular weight is 477 g/mol. The summed E-state index contributed by atoms with van der Waals surface area (Å²) >= 11 is 0. The first kappa shape index (κ1) is 22.8. The molecular weight excluding hydrogens is 448 g/mol. The highest BCUT2D eigenvalue weighted by Crippen LogP contribution is 2.26. The third kappa shape index (κ3) is 5.50. The first-order chi connectivity index (χ1) is 15.2. The van der Waals surface area contributed by atoms with Crippen molar-refractivity contribution >= 4 is 36.8 Å². The number of hydrogen-bond donors (Lipinski definition) is 0. The van der Waals surface area contributed by atoms with E-state index in [9.17, 15) is 21.6 Å². The Morgan fingerprint density at radius 1 is 0.688 bits per heavy atom. The molecule has 2 aliphatic heterocycles. The smallest absolute Gasteiger partial charge is 0.171 e. The number of carbonyl (C=O) groups excluding carboxylic acids is 1. The van der Waals surface area contributed by atoms with Crippen molar-refractivity contribution in [3.8, 4) is 0 Å². The number of nitrogens with zero attached hydrogens (tertiary/aromatic N) is 2. The van der Waals surface area contributed by atoms with Crippen molar-refractivity contribution in [1.29, 1.82) is 0 Å². The van der Waals surface area contributed by atoms with Crippen molar-refractivity contribution < 1.29 is 21.6 Å². The summed E-state index contributed by atoms with van der Waals surface area (Å²) in [5, 5.41) is 0. The summed E-state index contributed by atoms with van der Waals surface area (Å²) in [6, 6.07) is 18.3. The van der Waals surface area contributed by atoms with Gasteiger partial charge in [0.25, 0.3) is 0 Å². The second-order valence-corrected chi connectivity index (χ2v) is 13.0. The number of benzene rings is 2. The van der Waals surface area contributed by atoms with Gasteiger partial charge in [0.1, 0.15) is 0 Å². The van der Waals surface area contributed by atoms with Crippen LogP contribution in [0, 0.1) is 0 Å². The Labute approximate surface area is 189 Å². The average Bonchev–Trinajstić information content (AvgIpc) is 3.32. The Balaban J connectivity index is 1.55. The van der Waals surface area contributed by atoms with Crippen molar-refractivity contribution in [2.75, 3.05) is 45.9 Å². The quantitative estimate of drug-likeness (QED) is 0.575. The normalized spacial score (nSPS) is 23.6. The number of hydrogen-bond acceptors (Lipinski definition) is 7. The van der Waals surface area contributed by atoms with Gasteiger partial charge in [0.2, 0.25) is 0 Å². The summed E-state index contributed by atoms with van der Waals surface area (Å²) in [6.07, 6.45) is 0.988. The fourth-order valence-electron chi connectivity index (χ4n) is 4.57. The molecule has 0 spiro atoms. The monoisotopic (exact) mass is 476 g/mol. The summed E-state index contributed by atoms with van der Waals surface area (Å²) in [5.41, 5.74) is 1.63. The largest absolute Gasteiger partial charge is 0.360 e. The van der Waals surface area contributed by atoms with Crippen LogP contribution in [0.1, 0.15) is 12.8 Å². The van der Waals surface area contributed by atoms with Crippen LogP contribution in [0.2, 0.25) is 0 Å². The molecule has 0 bridgehead atoms. The number of rotatable bonds is 8. The molecule has 2 atom stereocenters. The standard InChI is InChI=1S/C23H28N2O5S2/c26-23(15-24(19-7-3-1-4-8-19)21-11-13-31(27,28)17-21)16-25(20-9-5-2-6-10-20)22-12-14-32(29,30)18-22/h1-10,21-22H,11-18H2/t21-,22-/m1/s1. The minimum atomic E-state index is -3.11. The Morgan fingerprint density at radius 3 is 1.38 bits per heavy atom. The lowest BCUT2D eigenvalue weighted by molar-refractivity contribution is -0.116. The molecule has 4 rings (SSSR count). The maximum absolute atomic E-state index is 13.3. The van der Waals surface area contributed by atoms with Gasteiger partial charge in [-0.2, -0.15) is 0 Å². The second kappa shape index (κ2) is 9.23. The minimum absolute atomic E-state index is 0.0401. The first-order valence-electron chi connectivity index (χ1n) is 10.8. The van der Waals surface area contributed by atoms with Crippen LogP contribution in [0.4, 0.5) is 11.4 Å². The first-order valence-corrected chi connectivity index (χ1v) is 14.4. The van der Waals surface area contributed by atoms with E-state index in [1.54, 1.807) is 0 Å². The lowest BCUT2D eigenvalue weighted by atomic mass is 10.1. The maximum Gasteiger partial charge on any atom is 0.171 e. The Kier molecular flexibility index (Phi) is 6.57. The van der Waals surface area contributed by atoms with Crippen molar-refractivity contribution in [2.24, 2.45) is 0 Å². The summed E-state index contributed by atoms with van der Waals surface area (Å²) in [5.74, 6) is 0.263. The van der Waals surface area contributed by atoms with Gasteiger partial charge in [-0.3, -0.25) is 4.79 Å². The van der Waals surface area contributed by atoms with Gasteiger partial charge in [-0.05, 0) is 37.1 Å². The molecule has 2 aliphatic rings. The number of sulfone groups is 2. The third-order valence-electron chi connectivity index (χ3n) is 6.17. The number of para-hydroxylation sites is 2. The van der Waals surface area contributed by atoms with Gasteiger partial charge in [-0.25, -0.2) is 16.8 Å². The van der Waals surface area contributed by atoms with Gasteiger partial charge in [0, 0.05) is 23.5 Å². The fraction of sp³-hybridized carbons (Fsp3) is 0.435. The molecule has 2 saturated heterocycles. The van der Waals surface area contributed by atoms with Gasteiger partial charge in [-0.1, -0.05) is 36.4 Å². The van der Waals surface area contributed by atoms with E-state index in [0.717, 1.165) is 11.4 Å². The molecule has 0 N–H and O–H groups in total. The van der Waals surface area contributed by atoms with Crippen LogP contribution in [0.5, 0.6) is 0 Å². The summed E-state index contributed by atoms with van der Waals surface area (Å²) in [4.78, 5) is 17.0. The minimum Gasteiger partial charge on any atom is -0.360 e. The zero-order valence-electron chi connectivity index (χ0n) is 17.8. The Bertz CT molecular complexity index is 1060. The molecule has 2 aromatic carbocycles. The third-order valence-corrected chi connectivity index (χ3v) is 9.67. The van der Waals surface area contributed by atoms with Crippen LogP contribution in [-0.2, 0) is 24.5 Å². The van der Waals surface area contributed by atoms with E-state index in [1.165, 1.54) is 0 Å². The summed E-state index contributed by atoms with van der Waals surface area (Å²) in [6.45, 7) is 0.153. The van der Waals surface area contributed by atoms with Crippen LogP contribution < -0.4 is 9.80 Å². The Hall–Kier alpha value is -2.39. The van der Waals surface area contributed by atoms with Gasteiger partial charge >= 0.3 is 0 Å². The molecule has 0 aromatic heterocycles. The molecule has 0 aliphatic carbocycles. The van der Waals surface area contributed by atoms with E-state index in [4.69, 9.17) is 0 Å².